The number of hydrogen-bond donors (Lipinski definition) is 1. The lowest BCUT2D eigenvalue weighted by Crippen LogP contribution is -1.87. The standard InChI is InChI=1S/C10H9NOS/c11-7-9-4-3-8(2-1-5-12)6-10(9)13/h3-6,13H,1-2H2. The lowest BCUT2D eigenvalue weighted by molar-refractivity contribution is -0.107. The summed E-state index contributed by atoms with van der Waals surface area (Å²) in [5.41, 5.74) is 1.61. The van der Waals surface area contributed by atoms with Gasteiger partial charge in [0.25, 0.3) is 0 Å². The Hall–Kier alpha value is -1.27. The van der Waals surface area contributed by atoms with Crippen LogP contribution in [0.4, 0.5) is 0 Å². The molecule has 0 atom stereocenters. The largest absolute Gasteiger partial charge is 0.303 e. The summed E-state index contributed by atoms with van der Waals surface area (Å²) in [5.74, 6) is 0. The maximum Gasteiger partial charge on any atom is 0.120 e. The number of aldehydes is 1. The summed E-state index contributed by atoms with van der Waals surface area (Å²) in [4.78, 5) is 10.8. The van der Waals surface area contributed by atoms with E-state index in [-0.39, 0.29) is 0 Å². The molecule has 0 N–H and O–H groups in total. The molecule has 0 aliphatic rings. The quantitative estimate of drug-likeness (QED) is 0.586. The second-order valence-electron chi connectivity index (χ2n) is 2.67. The van der Waals surface area contributed by atoms with Gasteiger partial charge in [0.1, 0.15) is 12.4 Å². The van der Waals surface area contributed by atoms with E-state index in [2.05, 4.69) is 12.6 Å². The molecule has 13 heavy (non-hydrogen) atoms. The zero-order valence-corrected chi connectivity index (χ0v) is 7.92. The van der Waals surface area contributed by atoms with Crippen molar-refractivity contribution in [1.82, 2.24) is 0 Å². The molecule has 0 aliphatic carbocycles. The van der Waals surface area contributed by atoms with Gasteiger partial charge in [0, 0.05) is 11.3 Å². The van der Waals surface area contributed by atoms with Gasteiger partial charge < -0.3 is 4.79 Å². The summed E-state index contributed by atoms with van der Waals surface area (Å²) in [6, 6.07) is 7.43. The number of carbonyl (C=O) groups is 1. The summed E-state index contributed by atoms with van der Waals surface area (Å²) in [5, 5.41) is 8.63. The van der Waals surface area contributed by atoms with Crippen LogP contribution in [0.1, 0.15) is 17.5 Å². The second-order valence-corrected chi connectivity index (χ2v) is 3.15. The molecule has 0 saturated carbocycles. The average Bonchev–Trinajstić information content (AvgIpc) is 2.15. The minimum atomic E-state index is 0.513. The topological polar surface area (TPSA) is 40.9 Å². The molecule has 0 saturated heterocycles. The third-order valence-corrected chi connectivity index (χ3v) is 2.10. The van der Waals surface area contributed by atoms with Crippen LogP contribution in [0.15, 0.2) is 23.1 Å². The Morgan fingerprint density at radius 2 is 2.31 bits per heavy atom. The van der Waals surface area contributed by atoms with E-state index in [1.807, 2.05) is 18.2 Å². The van der Waals surface area contributed by atoms with Gasteiger partial charge in [0.15, 0.2) is 0 Å². The Balaban J connectivity index is 2.84. The smallest absolute Gasteiger partial charge is 0.120 e. The van der Waals surface area contributed by atoms with E-state index < -0.39 is 0 Å². The fourth-order valence-electron chi connectivity index (χ4n) is 1.05. The van der Waals surface area contributed by atoms with Crippen molar-refractivity contribution >= 4 is 18.9 Å². The van der Waals surface area contributed by atoms with Gasteiger partial charge in [-0.15, -0.1) is 12.6 Å². The Kier molecular flexibility index (Phi) is 3.53. The summed E-state index contributed by atoms with van der Waals surface area (Å²) in [6.45, 7) is 0. The number of nitrogens with zero attached hydrogens (tertiary/aromatic N) is 1. The van der Waals surface area contributed by atoms with Gasteiger partial charge in [0.2, 0.25) is 0 Å². The van der Waals surface area contributed by atoms with E-state index in [4.69, 9.17) is 5.26 Å². The van der Waals surface area contributed by atoms with E-state index in [0.717, 1.165) is 11.8 Å². The first-order valence-electron chi connectivity index (χ1n) is 3.93. The molecule has 1 rings (SSSR count). The number of hydrogen-bond acceptors (Lipinski definition) is 3. The molecule has 3 heteroatoms. The molecular formula is C10H9NOS. The third kappa shape index (κ3) is 2.60. The van der Waals surface area contributed by atoms with Gasteiger partial charge in [-0.2, -0.15) is 5.26 Å². The van der Waals surface area contributed by atoms with E-state index in [1.54, 1.807) is 6.07 Å². The second kappa shape index (κ2) is 4.68. The molecule has 2 nitrogen and oxygen atoms in total. The van der Waals surface area contributed by atoms with Crippen LogP contribution in [0.5, 0.6) is 0 Å². The van der Waals surface area contributed by atoms with Gasteiger partial charge in [0.05, 0.1) is 5.56 Å². The van der Waals surface area contributed by atoms with E-state index >= 15 is 0 Å². The zero-order chi connectivity index (χ0) is 9.68. The Morgan fingerprint density at radius 3 is 2.85 bits per heavy atom. The van der Waals surface area contributed by atoms with Crippen molar-refractivity contribution in [3.8, 4) is 6.07 Å². The highest BCUT2D eigenvalue weighted by atomic mass is 32.1. The predicted molar refractivity (Wildman–Crippen MR) is 52.8 cm³/mol. The molecule has 0 bridgehead atoms. The summed E-state index contributed by atoms with van der Waals surface area (Å²) in [7, 11) is 0. The molecule has 1 aromatic carbocycles. The fourth-order valence-corrected chi connectivity index (χ4v) is 1.34. The molecule has 66 valence electrons. The van der Waals surface area contributed by atoms with E-state index in [9.17, 15) is 4.79 Å². The van der Waals surface area contributed by atoms with Crippen molar-refractivity contribution in [2.75, 3.05) is 0 Å². The summed E-state index contributed by atoms with van der Waals surface area (Å²) in [6.07, 6.45) is 2.11. The van der Waals surface area contributed by atoms with Crippen LogP contribution in [0.25, 0.3) is 0 Å². The Bertz CT molecular complexity index is 354. The highest BCUT2D eigenvalue weighted by molar-refractivity contribution is 7.80. The number of aryl methyl sites for hydroxylation is 1. The Morgan fingerprint density at radius 1 is 1.54 bits per heavy atom. The van der Waals surface area contributed by atoms with E-state index in [1.165, 1.54) is 0 Å². The van der Waals surface area contributed by atoms with Crippen molar-refractivity contribution in [1.29, 1.82) is 5.26 Å². The first kappa shape index (κ1) is 9.82. The minimum Gasteiger partial charge on any atom is -0.303 e. The number of carbonyl (C=O) groups excluding carboxylic acids is 1. The normalized spacial score (nSPS) is 9.23. The molecular weight excluding hydrogens is 182 g/mol. The monoisotopic (exact) mass is 191 g/mol. The van der Waals surface area contributed by atoms with Gasteiger partial charge in [-0.3, -0.25) is 0 Å². The minimum absolute atomic E-state index is 0.513. The fraction of sp³-hybridized carbons (Fsp3) is 0.200. The first-order valence-corrected chi connectivity index (χ1v) is 4.38. The molecule has 0 fully saturated rings. The Labute approximate surface area is 82.6 Å². The number of nitriles is 1. The highest BCUT2D eigenvalue weighted by Crippen LogP contribution is 2.15. The molecule has 1 aromatic rings. The van der Waals surface area contributed by atoms with E-state index in [0.29, 0.717) is 23.3 Å². The van der Waals surface area contributed by atoms with Crippen molar-refractivity contribution < 1.29 is 4.79 Å². The maximum absolute atomic E-state index is 10.1. The lowest BCUT2D eigenvalue weighted by Gasteiger charge is -2.00. The van der Waals surface area contributed by atoms with Crippen LogP contribution in [-0.2, 0) is 11.2 Å². The van der Waals surface area contributed by atoms with Crippen molar-refractivity contribution in [3.63, 3.8) is 0 Å². The molecule has 0 amide bonds. The van der Waals surface area contributed by atoms with Gasteiger partial charge in [-0.25, -0.2) is 0 Å². The van der Waals surface area contributed by atoms with Crippen LogP contribution < -0.4 is 0 Å². The number of thiol groups is 1. The number of benzene rings is 1. The van der Waals surface area contributed by atoms with Crippen LogP contribution in [0, 0.1) is 11.3 Å². The lowest BCUT2D eigenvalue weighted by atomic mass is 10.1. The average molecular weight is 191 g/mol. The number of rotatable bonds is 3. The summed E-state index contributed by atoms with van der Waals surface area (Å²) < 4.78 is 0. The van der Waals surface area contributed by atoms with Gasteiger partial charge >= 0.3 is 0 Å². The SMILES string of the molecule is N#Cc1ccc(CCC=O)cc1S. The van der Waals surface area contributed by atoms with Crippen LogP contribution in [0.3, 0.4) is 0 Å². The van der Waals surface area contributed by atoms with Crippen LogP contribution in [-0.4, -0.2) is 6.29 Å². The highest BCUT2D eigenvalue weighted by Gasteiger charge is 1.99. The van der Waals surface area contributed by atoms with Crippen LogP contribution in [0.2, 0.25) is 0 Å². The molecule has 0 spiro atoms. The van der Waals surface area contributed by atoms with Crippen molar-refractivity contribution in [2.24, 2.45) is 0 Å². The predicted octanol–water partition coefficient (Wildman–Crippen LogP) is 1.98. The van der Waals surface area contributed by atoms with Gasteiger partial charge in [-0.1, -0.05) is 6.07 Å². The zero-order valence-electron chi connectivity index (χ0n) is 7.03. The van der Waals surface area contributed by atoms with Crippen molar-refractivity contribution in [3.05, 3.63) is 29.3 Å². The first-order chi connectivity index (χ1) is 6.27. The van der Waals surface area contributed by atoms with Gasteiger partial charge in [-0.05, 0) is 24.1 Å². The molecule has 0 radical (unpaired) electrons. The molecule has 0 aliphatic heterocycles. The van der Waals surface area contributed by atoms with Crippen molar-refractivity contribution in [2.45, 2.75) is 17.7 Å². The third-order valence-electron chi connectivity index (χ3n) is 1.73. The van der Waals surface area contributed by atoms with Crippen LogP contribution >= 0.6 is 12.6 Å². The molecule has 0 unspecified atom stereocenters. The maximum atomic E-state index is 10.1. The molecule has 0 heterocycles. The molecule has 0 aromatic heterocycles. The summed E-state index contributed by atoms with van der Waals surface area (Å²) >= 11 is 4.16.